The lowest BCUT2D eigenvalue weighted by molar-refractivity contribution is 0.549. The van der Waals surface area contributed by atoms with Gasteiger partial charge in [0.1, 0.15) is 0 Å². The highest BCUT2D eigenvalue weighted by Crippen LogP contribution is 2.23. The molecular weight excluding hydrogens is 196 g/mol. The predicted molar refractivity (Wildman–Crippen MR) is 71.9 cm³/mol. The summed E-state index contributed by atoms with van der Waals surface area (Å²) in [5.41, 5.74) is 8.44. The van der Waals surface area contributed by atoms with E-state index in [1.54, 1.807) is 0 Å². The van der Waals surface area contributed by atoms with Gasteiger partial charge in [-0.2, -0.15) is 0 Å². The van der Waals surface area contributed by atoms with Gasteiger partial charge in [-0.05, 0) is 37.0 Å². The summed E-state index contributed by atoms with van der Waals surface area (Å²) in [5, 5.41) is 3.34. The summed E-state index contributed by atoms with van der Waals surface area (Å²) in [4.78, 5) is 0. The maximum absolute atomic E-state index is 5.92. The summed E-state index contributed by atoms with van der Waals surface area (Å²) < 4.78 is 0. The van der Waals surface area contributed by atoms with Crippen molar-refractivity contribution in [3.05, 3.63) is 29.8 Å². The summed E-state index contributed by atoms with van der Waals surface area (Å²) in [6.45, 7) is 11.5. The molecule has 90 valence electrons. The van der Waals surface area contributed by atoms with E-state index in [1.165, 1.54) is 5.56 Å². The molecule has 0 atom stereocenters. The van der Waals surface area contributed by atoms with Gasteiger partial charge in [0.15, 0.2) is 0 Å². The molecule has 2 nitrogen and oxygen atoms in total. The Hall–Kier alpha value is -1.02. The van der Waals surface area contributed by atoms with Gasteiger partial charge in [0.2, 0.25) is 0 Å². The molecule has 0 fully saturated rings. The molecule has 3 N–H and O–H groups in total. The first-order valence-corrected chi connectivity index (χ1v) is 5.82. The molecule has 1 rings (SSSR count). The standard InChI is InChI=1S/C14H24N2/c1-13(2,3)11-6-8-12(9-7-11)16-10-14(4,5)15/h6-9,16H,10,15H2,1-5H3. The van der Waals surface area contributed by atoms with Crippen molar-refractivity contribution in [3.8, 4) is 0 Å². The summed E-state index contributed by atoms with van der Waals surface area (Å²) in [5.74, 6) is 0. The van der Waals surface area contributed by atoms with E-state index in [0.717, 1.165) is 12.2 Å². The van der Waals surface area contributed by atoms with E-state index in [0.29, 0.717) is 0 Å². The lowest BCUT2D eigenvalue weighted by Crippen LogP contribution is -2.39. The van der Waals surface area contributed by atoms with Gasteiger partial charge in [-0.25, -0.2) is 0 Å². The number of nitrogens with one attached hydrogen (secondary N) is 1. The van der Waals surface area contributed by atoms with Crippen LogP contribution in [0.3, 0.4) is 0 Å². The van der Waals surface area contributed by atoms with E-state index in [2.05, 4.69) is 50.4 Å². The Morgan fingerprint density at radius 2 is 1.50 bits per heavy atom. The Balaban J connectivity index is 2.66. The summed E-state index contributed by atoms with van der Waals surface area (Å²) >= 11 is 0. The van der Waals surface area contributed by atoms with E-state index in [-0.39, 0.29) is 11.0 Å². The SMILES string of the molecule is CC(C)(N)CNc1ccc(C(C)(C)C)cc1. The average molecular weight is 220 g/mol. The third-order valence-corrected chi connectivity index (χ3v) is 2.50. The zero-order valence-corrected chi connectivity index (χ0v) is 11.1. The van der Waals surface area contributed by atoms with Crippen molar-refractivity contribution < 1.29 is 0 Å². The van der Waals surface area contributed by atoms with Crippen LogP contribution in [0.1, 0.15) is 40.2 Å². The second-order valence-corrected chi connectivity index (χ2v) is 6.17. The van der Waals surface area contributed by atoms with Crippen LogP contribution < -0.4 is 11.1 Å². The molecule has 1 aromatic carbocycles. The van der Waals surface area contributed by atoms with Crippen LogP contribution in [-0.2, 0) is 5.41 Å². The maximum Gasteiger partial charge on any atom is 0.0340 e. The zero-order valence-electron chi connectivity index (χ0n) is 11.1. The average Bonchev–Trinajstić information content (AvgIpc) is 2.13. The van der Waals surface area contributed by atoms with Gasteiger partial charge in [0, 0.05) is 17.8 Å². The maximum atomic E-state index is 5.92. The van der Waals surface area contributed by atoms with Crippen molar-refractivity contribution in [2.75, 3.05) is 11.9 Å². The minimum Gasteiger partial charge on any atom is -0.383 e. The van der Waals surface area contributed by atoms with Crippen LogP contribution in [0.2, 0.25) is 0 Å². The van der Waals surface area contributed by atoms with Crippen molar-refractivity contribution in [1.29, 1.82) is 0 Å². The third-order valence-electron chi connectivity index (χ3n) is 2.50. The fraction of sp³-hybridized carbons (Fsp3) is 0.571. The number of benzene rings is 1. The van der Waals surface area contributed by atoms with E-state index >= 15 is 0 Å². The van der Waals surface area contributed by atoms with E-state index in [4.69, 9.17) is 5.73 Å². The molecule has 0 bridgehead atoms. The molecule has 2 heteroatoms. The van der Waals surface area contributed by atoms with Gasteiger partial charge in [0.05, 0.1) is 0 Å². The highest BCUT2D eigenvalue weighted by molar-refractivity contribution is 5.46. The summed E-state index contributed by atoms with van der Waals surface area (Å²) in [7, 11) is 0. The normalized spacial score (nSPS) is 12.6. The first-order chi connectivity index (χ1) is 7.18. The second kappa shape index (κ2) is 4.46. The van der Waals surface area contributed by atoms with Gasteiger partial charge in [0.25, 0.3) is 0 Å². The predicted octanol–water partition coefficient (Wildman–Crippen LogP) is 3.13. The monoisotopic (exact) mass is 220 g/mol. The summed E-state index contributed by atoms with van der Waals surface area (Å²) in [6.07, 6.45) is 0. The Morgan fingerprint density at radius 3 is 1.88 bits per heavy atom. The molecule has 0 saturated carbocycles. The Kier molecular flexibility index (Phi) is 3.64. The van der Waals surface area contributed by atoms with E-state index in [1.807, 2.05) is 13.8 Å². The smallest absolute Gasteiger partial charge is 0.0340 e. The number of rotatable bonds is 3. The molecule has 16 heavy (non-hydrogen) atoms. The van der Waals surface area contributed by atoms with Crippen molar-refractivity contribution >= 4 is 5.69 Å². The zero-order chi connectivity index (χ0) is 12.4. The molecule has 0 heterocycles. The molecule has 0 unspecified atom stereocenters. The molecular formula is C14H24N2. The Bertz CT molecular complexity index is 325. The first kappa shape index (κ1) is 13.0. The lowest BCUT2D eigenvalue weighted by atomic mass is 9.87. The summed E-state index contributed by atoms with van der Waals surface area (Å²) in [6, 6.07) is 8.58. The number of hydrogen-bond donors (Lipinski definition) is 2. The third kappa shape index (κ3) is 4.23. The molecule has 0 spiro atoms. The number of hydrogen-bond acceptors (Lipinski definition) is 2. The molecule has 0 saturated heterocycles. The van der Waals surface area contributed by atoms with Crippen LogP contribution in [0, 0.1) is 0 Å². The Labute approximate surface area is 99.2 Å². The topological polar surface area (TPSA) is 38.0 Å². The van der Waals surface area contributed by atoms with Gasteiger partial charge >= 0.3 is 0 Å². The quantitative estimate of drug-likeness (QED) is 0.821. The van der Waals surface area contributed by atoms with E-state index in [9.17, 15) is 0 Å². The molecule has 0 amide bonds. The van der Waals surface area contributed by atoms with Crippen molar-refractivity contribution in [3.63, 3.8) is 0 Å². The van der Waals surface area contributed by atoms with Gasteiger partial charge in [-0.3, -0.25) is 0 Å². The second-order valence-electron chi connectivity index (χ2n) is 6.17. The van der Waals surface area contributed by atoms with Gasteiger partial charge in [-0.1, -0.05) is 32.9 Å². The fourth-order valence-corrected chi connectivity index (χ4v) is 1.42. The molecule has 0 aliphatic carbocycles. The first-order valence-electron chi connectivity index (χ1n) is 5.82. The van der Waals surface area contributed by atoms with Crippen molar-refractivity contribution in [1.82, 2.24) is 0 Å². The fourth-order valence-electron chi connectivity index (χ4n) is 1.42. The van der Waals surface area contributed by atoms with Crippen LogP contribution in [0.15, 0.2) is 24.3 Å². The largest absolute Gasteiger partial charge is 0.383 e. The number of anilines is 1. The van der Waals surface area contributed by atoms with Crippen molar-refractivity contribution in [2.45, 2.75) is 45.6 Å². The minimum absolute atomic E-state index is 0.178. The van der Waals surface area contributed by atoms with Crippen LogP contribution in [0.5, 0.6) is 0 Å². The van der Waals surface area contributed by atoms with E-state index < -0.39 is 0 Å². The molecule has 0 aliphatic heterocycles. The van der Waals surface area contributed by atoms with Gasteiger partial charge < -0.3 is 11.1 Å². The molecule has 0 aliphatic rings. The molecule has 0 aromatic heterocycles. The van der Waals surface area contributed by atoms with Crippen LogP contribution >= 0.6 is 0 Å². The van der Waals surface area contributed by atoms with Crippen LogP contribution in [-0.4, -0.2) is 12.1 Å². The minimum atomic E-state index is -0.178. The Morgan fingerprint density at radius 1 is 1.00 bits per heavy atom. The van der Waals surface area contributed by atoms with Gasteiger partial charge in [-0.15, -0.1) is 0 Å². The highest BCUT2D eigenvalue weighted by Gasteiger charge is 2.13. The van der Waals surface area contributed by atoms with Crippen molar-refractivity contribution in [2.24, 2.45) is 5.73 Å². The molecule has 0 radical (unpaired) electrons. The van der Waals surface area contributed by atoms with Crippen LogP contribution in [0.4, 0.5) is 5.69 Å². The number of nitrogens with two attached hydrogens (primary N) is 1. The molecule has 1 aromatic rings. The van der Waals surface area contributed by atoms with Crippen LogP contribution in [0.25, 0.3) is 0 Å². The lowest BCUT2D eigenvalue weighted by Gasteiger charge is -2.22. The highest BCUT2D eigenvalue weighted by atomic mass is 14.9.